The summed E-state index contributed by atoms with van der Waals surface area (Å²) in [6.07, 6.45) is -0.0846. The molecule has 1 aromatic carbocycles. The van der Waals surface area contributed by atoms with Gasteiger partial charge < -0.3 is 9.30 Å². The van der Waals surface area contributed by atoms with E-state index in [0.29, 0.717) is 12.4 Å². The number of benzene rings is 1. The van der Waals surface area contributed by atoms with Crippen LogP contribution in [0.5, 0.6) is 0 Å². The minimum atomic E-state index is -0.654. The molecule has 0 atom stereocenters. The molecule has 0 aliphatic rings. The van der Waals surface area contributed by atoms with Gasteiger partial charge in [-0.25, -0.2) is 13.6 Å². The highest BCUT2D eigenvalue weighted by atomic mass is 19.1. The molecule has 0 spiro atoms. The molecule has 0 amide bonds. The number of ether oxygens (including phenoxy) is 1. The lowest BCUT2D eigenvalue weighted by molar-refractivity contribution is 0.0505. The molecule has 0 N–H and O–H groups in total. The van der Waals surface area contributed by atoms with Crippen molar-refractivity contribution in [2.24, 2.45) is 0 Å². The molecule has 21 heavy (non-hydrogen) atoms. The summed E-state index contributed by atoms with van der Waals surface area (Å²) in [6, 6.07) is 3.65. The molecule has 2 aromatic rings. The summed E-state index contributed by atoms with van der Waals surface area (Å²) in [5.41, 5.74) is -0.102. The van der Waals surface area contributed by atoms with E-state index in [0.717, 1.165) is 0 Å². The fraction of sp³-hybridized carbons (Fsp3) is 0.357. The normalized spacial score (nSPS) is 10.7. The zero-order valence-electron chi connectivity index (χ0n) is 11.8. The molecule has 0 aliphatic carbocycles. The number of halogens is 2. The molecule has 0 saturated carbocycles. The van der Waals surface area contributed by atoms with Gasteiger partial charge in [0.15, 0.2) is 0 Å². The summed E-state index contributed by atoms with van der Waals surface area (Å²) >= 11 is 0. The van der Waals surface area contributed by atoms with E-state index in [2.05, 4.69) is 10.2 Å². The van der Waals surface area contributed by atoms with Gasteiger partial charge in [0.05, 0.1) is 6.61 Å². The van der Waals surface area contributed by atoms with E-state index in [1.165, 1.54) is 22.8 Å². The molecule has 7 heteroatoms. The zero-order chi connectivity index (χ0) is 15.4. The van der Waals surface area contributed by atoms with Crippen molar-refractivity contribution in [3.63, 3.8) is 0 Å². The first-order valence-corrected chi connectivity index (χ1v) is 6.60. The van der Waals surface area contributed by atoms with E-state index in [1.54, 1.807) is 13.8 Å². The number of hydrogen-bond acceptors (Lipinski definition) is 4. The third kappa shape index (κ3) is 3.07. The fourth-order valence-corrected chi connectivity index (χ4v) is 2.00. The van der Waals surface area contributed by atoms with Crippen LogP contribution < -0.4 is 0 Å². The van der Waals surface area contributed by atoms with Gasteiger partial charge in [-0.05, 0) is 26.0 Å². The van der Waals surface area contributed by atoms with Crippen molar-refractivity contribution < 1.29 is 18.3 Å². The molecule has 112 valence electrons. The molecule has 0 fully saturated rings. The second-order valence-electron chi connectivity index (χ2n) is 4.28. The minimum absolute atomic E-state index is 0.0334. The summed E-state index contributed by atoms with van der Waals surface area (Å²) in [5, 5.41) is 7.60. The Labute approximate surface area is 120 Å². The number of esters is 1. The summed E-state index contributed by atoms with van der Waals surface area (Å²) in [4.78, 5) is 11.7. The van der Waals surface area contributed by atoms with Gasteiger partial charge in [-0.1, -0.05) is 6.07 Å². The van der Waals surface area contributed by atoms with Crippen molar-refractivity contribution in [2.75, 3.05) is 6.61 Å². The Morgan fingerprint density at radius 1 is 1.24 bits per heavy atom. The van der Waals surface area contributed by atoms with Gasteiger partial charge in [-0.3, -0.25) is 0 Å². The SMILES string of the molecule is CCOC(=O)c1nnc(Cc2c(F)cccc2F)n1CC. The predicted octanol–water partition coefficient (Wildman–Crippen LogP) is 2.34. The first kappa shape index (κ1) is 15.1. The van der Waals surface area contributed by atoms with Gasteiger partial charge in [-0.15, -0.1) is 10.2 Å². The van der Waals surface area contributed by atoms with Gasteiger partial charge in [-0.2, -0.15) is 0 Å². The largest absolute Gasteiger partial charge is 0.460 e. The highest BCUT2D eigenvalue weighted by Crippen LogP contribution is 2.17. The highest BCUT2D eigenvalue weighted by molar-refractivity contribution is 5.85. The van der Waals surface area contributed by atoms with Crippen LogP contribution in [0.15, 0.2) is 18.2 Å². The summed E-state index contributed by atoms with van der Waals surface area (Å²) in [6.45, 7) is 4.08. The number of aromatic nitrogens is 3. The minimum Gasteiger partial charge on any atom is -0.460 e. The summed E-state index contributed by atoms with van der Waals surface area (Å²) in [7, 11) is 0. The quantitative estimate of drug-likeness (QED) is 0.794. The van der Waals surface area contributed by atoms with Gasteiger partial charge in [0.2, 0.25) is 5.82 Å². The Bertz CT molecular complexity index is 635. The van der Waals surface area contributed by atoms with Crippen molar-refractivity contribution in [3.8, 4) is 0 Å². The average Bonchev–Trinajstić information content (AvgIpc) is 2.86. The van der Waals surface area contributed by atoms with Crippen LogP contribution in [0.2, 0.25) is 0 Å². The molecule has 0 bridgehead atoms. The lowest BCUT2D eigenvalue weighted by Crippen LogP contribution is -2.15. The lowest BCUT2D eigenvalue weighted by Gasteiger charge is -2.08. The van der Waals surface area contributed by atoms with E-state index >= 15 is 0 Å². The average molecular weight is 295 g/mol. The van der Waals surface area contributed by atoms with Gasteiger partial charge in [0.25, 0.3) is 0 Å². The molecule has 5 nitrogen and oxygen atoms in total. The van der Waals surface area contributed by atoms with Crippen LogP contribution in [0.4, 0.5) is 8.78 Å². The Kier molecular flexibility index (Phi) is 4.62. The molecule has 1 aromatic heterocycles. The second kappa shape index (κ2) is 6.43. The number of rotatable bonds is 5. The van der Waals surface area contributed by atoms with Crippen LogP contribution in [0.3, 0.4) is 0 Å². The van der Waals surface area contributed by atoms with Crippen LogP contribution in [0, 0.1) is 11.6 Å². The van der Waals surface area contributed by atoms with Crippen molar-refractivity contribution in [1.29, 1.82) is 0 Å². The molecule has 0 aliphatic heterocycles. The molecule has 0 unspecified atom stereocenters. The monoisotopic (exact) mass is 295 g/mol. The van der Waals surface area contributed by atoms with Gasteiger partial charge in [0, 0.05) is 18.5 Å². The Hall–Kier alpha value is -2.31. The summed E-state index contributed by atoms with van der Waals surface area (Å²) < 4.78 is 33.7. The van der Waals surface area contributed by atoms with E-state index in [1.807, 2.05) is 0 Å². The van der Waals surface area contributed by atoms with Gasteiger partial charge >= 0.3 is 5.97 Å². The van der Waals surface area contributed by atoms with Gasteiger partial charge in [0.1, 0.15) is 17.5 Å². The number of carbonyl (C=O) groups excluding carboxylic acids is 1. The Balaban J connectivity index is 2.35. The molecule has 0 radical (unpaired) electrons. The Morgan fingerprint density at radius 3 is 2.48 bits per heavy atom. The Morgan fingerprint density at radius 2 is 1.90 bits per heavy atom. The van der Waals surface area contributed by atoms with E-state index in [9.17, 15) is 13.6 Å². The van der Waals surface area contributed by atoms with E-state index in [-0.39, 0.29) is 24.4 Å². The van der Waals surface area contributed by atoms with Crippen LogP contribution in [0.1, 0.15) is 35.9 Å². The molecular weight excluding hydrogens is 280 g/mol. The number of hydrogen-bond donors (Lipinski definition) is 0. The lowest BCUT2D eigenvalue weighted by atomic mass is 10.1. The van der Waals surface area contributed by atoms with Crippen LogP contribution >= 0.6 is 0 Å². The topological polar surface area (TPSA) is 57.0 Å². The van der Waals surface area contributed by atoms with E-state index in [4.69, 9.17) is 4.74 Å². The van der Waals surface area contributed by atoms with Crippen LogP contribution in [-0.2, 0) is 17.7 Å². The first-order chi connectivity index (χ1) is 10.1. The molecule has 1 heterocycles. The highest BCUT2D eigenvalue weighted by Gasteiger charge is 2.20. The molecule has 0 saturated heterocycles. The first-order valence-electron chi connectivity index (χ1n) is 6.60. The van der Waals surface area contributed by atoms with Crippen molar-refractivity contribution >= 4 is 5.97 Å². The van der Waals surface area contributed by atoms with Crippen molar-refractivity contribution in [2.45, 2.75) is 26.8 Å². The third-order valence-corrected chi connectivity index (χ3v) is 3.00. The third-order valence-electron chi connectivity index (χ3n) is 3.00. The maximum atomic E-state index is 13.7. The fourth-order valence-electron chi connectivity index (χ4n) is 2.00. The number of carbonyl (C=O) groups is 1. The van der Waals surface area contributed by atoms with Crippen LogP contribution in [-0.4, -0.2) is 27.3 Å². The number of nitrogens with zero attached hydrogens (tertiary/aromatic N) is 3. The summed E-state index contributed by atoms with van der Waals surface area (Å²) in [5.74, 6) is -1.57. The zero-order valence-corrected chi connectivity index (χ0v) is 11.8. The van der Waals surface area contributed by atoms with Crippen molar-refractivity contribution in [3.05, 3.63) is 47.0 Å². The second-order valence-corrected chi connectivity index (χ2v) is 4.28. The van der Waals surface area contributed by atoms with Crippen molar-refractivity contribution in [1.82, 2.24) is 14.8 Å². The maximum Gasteiger partial charge on any atom is 0.376 e. The molecule has 2 rings (SSSR count). The molecular formula is C14H15F2N3O2. The smallest absolute Gasteiger partial charge is 0.376 e. The predicted molar refractivity (Wildman–Crippen MR) is 70.8 cm³/mol. The standard InChI is InChI=1S/C14H15F2N3O2/c1-3-19-12(17-18-13(19)14(20)21-4-2)8-9-10(15)6-5-7-11(9)16/h5-7H,3-4,8H2,1-2H3. The van der Waals surface area contributed by atoms with Crippen LogP contribution in [0.25, 0.3) is 0 Å². The maximum absolute atomic E-state index is 13.7. The van der Waals surface area contributed by atoms with E-state index < -0.39 is 17.6 Å².